The van der Waals surface area contributed by atoms with Gasteiger partial charge in [-0.1, -0.05) is 0 Å². The Morgan fingerprint density at radius 1 is 1.36 bits per heavy atom. The third-order valence-electron chi connectivity index (χ3n) is 4.28. The molecule has 0 aliphatic carbocycles. The monoisotopic (exact) mass is 381 g/mol. The van der Waals surface area contributed by atoms with E-state index in [2.05, 4.69) is 5.10 Å². The number of carbonyl (C=O) groups excluding carboxylic acids is 1. The van der Waals surface area contributed by atoms with Crippen molar-refractivity contribution in [2.24, 2.45) is 0 Å². The number of rotatable bonds is 5. The van der Waals surface area contributed by atoms with Crippen LogP contribution in [0.3, 0.4) is 0 Å². The van der Waals surface area contributed by atoms with E-state index in [1.807, 2.05) is 0 Å². The highest BCUT2D eigenvalue weighted by molar-refractivity contribution is 7.90. The highest BCUT2D eigenvalue weighted by Crippen LogP contribution is 2.30. The summed E-state index contributed by atoms with van der Waals surface area (Å²) in [7, 11) is -3.13. The molecule has 1 unspecified atom stereocenters. The van der Waals surface area contributed by atoms with Gasteiger partial charge in [0.1, 0.15) is 16.4 Å². The third kappa shape index (κ3) is 5.45. The Kier molecular flexibility index (Phi) is 5.80. The molecule has 0 aromatic carbocycles. The van der Waals surface area contributed by atoms with Gasteiger partial charge in [-0.05, 0) is 38.2 Å². The molecule has 1 fully saturated rings. The van der Waals surface area contributed by atoms with E-state index in [-0.39, 0.29) is 29.8 Å². The van der Waals surface area contributed by atoms with Crippen LogP contribution in [0.15, 0.2) is 6.20 Å². The van der Waals surface area contributed by atoms with Crippen LogP contribution in [-0.2, 0) is 27.4 Å². The van der Waals surface area contributed by atoms with E-state index in [0.29, 0.717) is 19.4 Å². The topological polar surface area (TPSA) is 72.3 Å². The quantitative estimate of drug-likeness (QED) is 0.782. The Labute approximate surface area is 144 Å². The van der Waals surface area contributed by atoms with E-state index in [4.69, 9.17) is 0 Å². The van der Waals surface area contributed by atoms with Crippen LogP contribution in [0.5, 0.6) is 0 Å². The van der Waals surface area contributed by atoms with Crippen LogP contribution in [0.1, 0.15) is 36.9 Å². The second-order valence-corrected chi connectivity index (χ2v) is 8.77. The average Bonchev–Trinajstić information content (AvgIpc) is 2.85. The van der Waals surface area contributed by atoms with Crippen molar-refractivity contribution in [1.29, 1.82) is 0 Å². The number of nitrogens with zero attached hydrogens (tertiary/aromatic N) is 3. The highest BCUT2D eigenvalue weighted by atomic mass is 32.2. The molecule has 1 amide bonds. The Morgan fingerprint density at radius 3 is 2.60 bits per heavy atom. The molecule has 0 saturated carbocycles. The fraction of sp³-hybridized carbons (Fsp3) is 0.733. The van der Waals surface area contributed by atoms with E-state index < -0.39 is 21.7 Å². The largest absolute Gasteiger partial charge is 0.435 e. The number of hydrogen-bond acceptors (Lipinski definition) is 4. The van der Waals surface area contributed by atoms with Gasteiger partial charge in [-0.25, -0.2) is 8.42 Å². The number of alkyl halides is 3. The van der Waals surface area contributed by atoms with Crippen molar-refractivity contribution in [2.45, 2.75) is 51.4 Å². The summed E-state index contributed by atoms with van der Waals surface area (Å²) >= 11 is 0. The normalized spacial score (nSPS) is 19.2. The van der Waals surface area contributed by atoms with Crippen LogP contribution in [-0.4, -0.2) is 53.6 Å². The molecule has 25 heavy (non-hydrogen) atoms. The molecule has 1 aromatic rings. The molecule has 6 nitrogen and oxygen atoms in total. The van der Waals surface area contributed by atoms with Gasteiger partial charge >= 0.3 is 6.18 Å². The minimum atomic E-state index is -4.55. The van der Waals surface area contributed by atoms with Crippen molar-refractivity contribution < 1.29 is 26.4 Å². The number of aryl methyl sites for hydroxylation is 1. The van der Waals surface area contributed by atoms with Crippen molar-refractivity contribution >= 4 is 15.7 Å². The summed E-state index contributed by atoms with van der Waals surface area (Å²) in [5, 5.41) is 3.47. The van der Waals surface area contributed by atoms with Crippen molar-refractivity contribution in [3.63, 3.8) is 0 Å². The molecule has 0 N–H and O–H groups in total. The number of amides is 1. The predicted molar refractivity (Wildman–Crippen MR) is 85.6 cm³/mol. The molecule has 1 aliphatic rings. The molecule has 2 heterocycles. The first-order valence-corrected chi connectivity index (χ1v) is 10.1. The first kappa shape index (κ1) is 19.7. The molecule has 10 heteroatoms. The molecule has 0 spiro atoms. The van der Waals surface area contributed by atoms with Crippen molar-refractivity contribution in [3.8, 4) is 0 Å². The van der Waals surface area contributed by atoms with Gasteiger partial charge in [-0.2, -0.15) is 18.3 Å². The Morgan fingerprint density at radius 2 is 2.04 bits per heavy atom. The molecular weight excluding hydrogens is 359 g/mol. The lowest BCUT2D eigenvalue weighted by Crippen LogP contribution is -2.45. The smallest absolute Gasteiger partial charge is 0.338 e. The summed E-state index contributed by atoms with van der Waals surface area (Å²) in [5.41, 5.74) is -1.03. The fourth-order valence-corrected chi connectivity index (χ4v) is 3.79. The van der Waals surface area contributed by atoms with Gasteiger partial charge in [-0.15, -0.1) is 0 Å². The van der Waals surface area contributed by atoms with Crippen molar-refractivity contribution in [1.82, 2.24) is 14.7 Å². The minimum Gasteiger partial charge on any atom is -0.338 e. The zero-order chi connectivity index (χ0) is 18.8. The second kappa shape index (κ2) is 7.35. The molecule has 1 aromatic heterocycles. The number of hydrogen-bond donors (Lipinski definition) is 0. The number of aromatic nitrogens is 2. The molecular formula is C15H22F3N3O3S. The highest BCUT2D eigenvalue weighted by Gasteiger charge is 2.36. The number of sulfone groups is 1. The Hall–Kier alpha value is -1.58. The number of halogens is 3. The first-order valence-electron chi connectivity index (χ1n) is 8.06. The zero-order valence-corrected chi connectivity index (χ0v) is 15.0. The molecule has 0 bridgehead atoms. The summed E-state index contributed by atoms with van der Waals surface area (Å²) in [6.07, 6.45) is 0.541. The Balaban J connectivity index is 2.07. The van der Waals surface area contributed by atoms with E-state index in [0.717, 1.165) is 23.8 Å². The summed E-state index contributed by atoms with van der Waals surface area (Å²) in [6, 6.07) is -0.199. The van der Waals surface area contributed by atoms with Crippen molar-refractivity contribution in [2.75, 3.05) is 18.6 Å². The zero-order valence-electron chi connectivity index (χ0n) is 14.2. The van der Waals surface area contributed by atoms with E-state index in [9.17, 15) is 26.4 Å². The van der Waals surface area contributed by atoms with Gasteiger partial charge in [-0.3, -0.25) is 9.48 Å². The number of piperidine rings is 1. The van der Waals surface area contributed by atoms with Crippen LogP contribution < -0.4 is 0 Å². The summed E-state index contributed by atoms with van der Waals surface area (Å²) in [5.74, 6) is -0.352. The summed E-state index contributed by atoms with van der Waals surface area (Å²) in [6.45, 7) is 1.50. The van der Waals surface area contributed by atoms with Crippen LogP contribution in [0.2, 0.25) is 0 Å². The third-order valence-corrected chi connectivity index (χ3v) is 5.26. The van der Waals surface area contributed by atoms with Crippen LogP contribution >= 0.6 is 0 Å². The van der Waals surface area contributed by atoms with Crippen LogP contribution in [0, 0.1) is 6.92 Å². The molecule has 1 aliphatic heterocycles. The minimum absolute atomic E-state index is 0.0133. The van der Waals surface area contributed by atoms with Crippen LogP contribution in [0.25, 0.3) is 0 Å². The van der Waals surface area contributed by atoms with Crippen LogP contribution in [0.4, 0.5) is 13.2 Å². The van der Waals surface area contributed by atoms with E-state index >= 15 is 0 Å². The lowest BCUT2D eigenvalue weighted by atomic mass is 10.00. The van der Waals surface area contributed by atoms with Gasteiger partial charge < -0.3 is 4.90 Å². The maximum atomic E-state index is 12.8. The van der Waals surface area contributed by atoms with Crippen molar-refractivity contribution in [3.05, 3.63) is 17.5 Å². The molecule has 142 valence electrons. The van der Waals surface area contributed by atoms with E-state index in [1.165, 1.54) is 13.1 Å². The maximum Gasteiger partial charge on any atom is 0.435 e. The fourth-order valence-electron chi connectivity index (χ4n) is 3.09. The van der Waals surface area contributed by atoms with Gasteiger partial charge in [0.05, 0.1) is 5.75 Å². The second-order valence-electron chi connectivity index (χ2n) is 6.51. The first-order chi connectivity index (χ1) is 11.5. The van der Waals surface area contributed by atoms with Gasteiger partial charge in [0.2, 0.25) is 5.91 Å². The number of likely N-dealkylation sites (tertiary alicyclic amines) is 1. The SMILES string of the molecule is Cc1cn(CC(=O)N2CCCCC2CCS(C)(=O)=O)nc1C(F)(F)F. The average molecular weight is 381 g/mol. The summed E-state index contributed by atoms with van der Waals surface area (Å²) < 4.78 is 62.1. The lowest BCUT2D eigenvalue weighted by Gasteiger charge is -2.35. The molecule has 2 rings (SSSR count). The molecule has 1 atom stereocenters. The van der Waals surface area contributed by atoms with Gasteiger partial charge in [0, 0.05) is 25.0 Å². The number of carbonyl (C=O) groups is 1. The lowest BCUT2D eigenvalue weighted by molar-refractivity contribution is -0.143. The maximum absolute atomic E-state index is 12.8. The van der Waals surface area contributed by atoms with Gasteiger partial charge in [0.25, 0.3) is 0 Å². The Bertz CT molecular complexity index is 728. The molecule has 0 radical (unpaired) electrons. The van der Waals surface area contributed by atoms with E-state index in [1.54, 1.807) is 4.90 Å². The predicted octanol–water partition coefficient (Wildman–Crippen LogP) is 2.03. The summed E-state index contributed by atoms with van der Waals surface area (Å²) in [4.78, 5) is 14.1. The standard InChI is InChI=1S/C15H22F3N3O3S/c1-11-9-20(19-14(11)15(16,17)18)10-13(22)21-7-4-3-5-12(21)6-8-25(2,23)24/h9,12H,3-8,10H2,1-2H3. The molecule has 1 saturated heterocycles. The van der Waals surface area contributed by atoms with Gasteiger partial charge in [0.15, 0.2) is 5.69 Å².